The Labute approximate surface area is 125 Å². The van der Waals surface area contributed by atoms with Gasteiger partial charge >= 0.3 is 0 Å². The molecule has 0 spiro atoms. The molecule has 0 fully saturated rings. The average Bonchev–Trinajstić information content (AvgIpc) is 2.38. The number of nitrogens with zero attached hydrogens (tertiary/aromatic N) is 1. The molecule has 0 aromatic heterocycles. The monoisotopic (exact) mass is 276 g/mol. The summed E-state index contributed by atoms with van der Waals surface area (Å²) in [6.45, 7) is 14.4. The zero-order valence-electron chi connectivity index (χ0n) is 14.1. The lowest BCUT2D eigenvalue weighted by atomic mass is 9.99. The van der Waals surface area contributed by atoms with E-state index in [-0.39, 0.29) is 0 Å². The Balaban J connectivity index is 2.49. The largest absolute Gasteiger partial charge is 0.316 e. The first-order valence-electron chi connectivity index (χ1n) is 7.90. The normalized spacial score (nSPS) is 13.4. The summed E-state index contributed by atoms with van der Waals surface area (Å²) in [6, 6.07) is 9.70. The van der Waals surface area contributed by atoms with Gasteiger partial charge in [-0.2, -0.15) is 0 Å². The van der Waals surface area contributed by atoms with Crippen molar-refractivity contribution in [3.05, 3.63) is 35.4 Å². The highest BCUT2D eigenvalue weighted by molar-refractivity contribution is 5.25. The van der Waals surface area contributed by atoms with Crippen molar-refractivity contribution in [1.82, 2.24) is 10.2 Å². The summed E-state index contributed by atoms with van der Waals surface area (Å²) in [6.07, 6.45) is 0. The van der Waals surface area contributed by atoms with Gasteiger partial charge in [0.1, 0.15) is 0 Å². The SMILES string of the molecule is CC(C)CNCC(C)c1ccc(CN(C)C(C)C)cc1. The second-order valence-corrected chi connectivity index (χ2v) is 6.70. The maximum atomic E-state index is 3.54. The third kappa shape index (κ3) is 6.06. The van der Waals surface area contributed by atoms with Crippen LogP contribution < -0.4 is 5.32 Å². The number of hydrogen-bond donors (Lipinski definition) is 1. The summed E-state index contributed by atoms with van der Waals surface area (Å²) in [5, 5.41) is 3.54. The molecule has 0 aliphatic rings. The van der Waals surface area contributed by atoms with Crippen molar-refractivity contribution >= 4 is 0 Å². The van der Waals surface area contributed by atoms with Crippen LogP contribution >= 0.6 is 0 Å². The predicted octanol–water partition coefficient (Wildman–Crippen LogP) is 3.88. The molecule has 0 aliphatic carbocycles. The molecule has 1 rings (SSSR count). The van der Waals surface area contributed by atoms with Crippen LogP contribution in [0.5, 0.6) is 0 Å². The maximum absolute atomic E-state index is 3.54. The van der Waals surface area contributed by atoms with Gasteiger partial charge in [-0.25, -0.2) is 0 Å². The fraction of sp³-hybridized carbons (Fsp3) is 0.667. The summed E-state index contributed by atoms with van der Waals surface area (Å²) in [7, 11) is 2.18. The van der Waals surface area contributed by atoms with Gasteiger partial charge < -0.3 is 5.32 Å². The Kier molecular flexibility index (Phi) is 7.25. The highest BCUT2D eigenvalue weighted by atomic mass is 15.1. The summed E-state index contributed by atoms with van der Waals surface area (Å²) < 4.78 is 0. The summed E-state index contributed by atoms with van der Waals surface area (Å²) in [5.74, 6) is 1.29. The number of nitrogens with one attached hydrogen (secondary N) is 1. The van der Waals surface area contributed by atoms with E-state index in [4.69, 9.17) is 0 Å². The van der Waals surface area contributed by atoms with Crippen molar-refractivity contribution < 1.29 is 0 Å². The van der Waals surface area contributed by atoms with Crippen molar-refractivity contribution in [3.8, 4) is 0 Å². The zero-order valence-corrected chi connectivity index (χ0v) is 14.1. The van der Waals surface area contributed by atoms with Gasteiger partial charge in [0.15, 0.2) is 0 Å². The van der Waals surface area contributed by atoms with E-state index in [0.29, 0.717) is 12.0 Å². The van der Waals surface area contributed by atoms with Crippen LogP contribution in [0.4, 0.5) is 0 Å². The van der Waals surface area contributed by atoms with Crippen molar-refractivity contribution in [2.75, 3.05) is 20.1 Å². The van der Waals surface area contributed by atoms with E-state index >= 15 is 0 Å². The fourth-order valence-corrected chi connectivity index (χ4v) is 2.13. The molecule has 0 saturated heterocycles. The van der Waals surface area contributed by atoms with Gasteiger partial charge in [0.05, 0.1) is 0 Å². The van der Waals surface area contributed by atoms with Crippen LogP contribution in [0, 0.1) is 5.92 Å². The summed E-state index contributed by atoms with van der Waals surface area (Å²) in [5.41, 5.74) is 2.82. The highest BCUT2D eigenvalue weighted by Gasteiger charge is 2.07. The zero-order chi connectivity index (χ0) is 15.1. The van der Waals surface area contributed by atoms with Crippen LogP contribution in [0.15, 0.2) is 24.3 Å². The fourth-order valence-electron chi connectivity index (χ4n) is 2.13. The van der Waals surface area contributed by atoms with Crippen LogP contribution in [0.3, 0.4) is 0 Å². The lowest BCUT2D eigenvalue weighted by Gasteiger charge is -2.21. The Bertz CT molecular complexity index is 368. The predicted molar refractivity (Wildman–Crippen MR) is 89.2 cm³/mol. The van der Waals surface area contributed by atoms with E-state index in [9.17, 15) is 0 Å². The van der Waals surface area contributed by atoms with Crippen LogP contribution in [0.25, 0.3) is 0 Å². The van der Waals surface area contributed by atoms with Crippen molar-refractivity contribution in [1.29, 1.82) is 0 Å². The third-order valence-corrected chi connectivity index (χ3v) is 3.87. The second-order valence-electron chi connectivity index (χ2n) is 6.70. The van der Waals surface area contributed by atoms with Crippen molar-refractivity contribution in [3.63, 3.8) is 0 Å². The molecule has 2 nitrogen and oxygen atoms in total. The van der Waals surface area contributed by atoms with Gasteiger partial charge in [-0.1, -0.05) is 45.0 Å². The molecule has 0 bridgehead atoms. The molecule has 2 heteroatoms. The molecule has 0 heterocycles. The topological polar surface area (TPSA) is 15.3 Å². The molecule has 1 aromatic rings. The minimum Gasteiger partial charge on any atom is -0.316 e. The molecule has 114 valence electrons. The van der Waals surface area contributed by atoms with Gasteiger partial charge in [-0.3, -0.25) is 4.90 Å². The lowest BCUT2D eigenvalue weighted by molar-refractivity contribution is 0.266. The average molecular weight is 276 g/mol. The van der Waals surface area contributed by atoms with Crippen molar-refractivity contribution in [2.45, 2.75) is 53.1 Å². The smallest absolute Gasteiger partial charge is 0.0233 e. The number of rotatable bonds is 8. The number of benzene rings is 1. The highest BCUT2D eigenvalue weighted by Crippen LogP contribution is 2.16. The quantitative estimate of drug-likeness (QED) is 0.775. The minimum atomic E-state index is 0.575. The van der Waals surface area contributed by atoms with E-state index < -0.39 is 0 Å². The minimum absolute atomic E-state index is 0.575. The first-order valence-corrected chi connectivity index (χ1v) is 7.90. The Morgan fingerprint density at radius 1 is 0.950 bits per heavy atom. The first-order chi connectivity index (χ1) is 9.40. The molecule has 0 amide bonds. The number of hydrogen-bond acceptors (Lipinski definition) is 2. The van der Waals surface area contributed by atoms with Crippen LogP contribution in [0.2, 0.25) is 0 Å². The summed E-state index contributed by atoms with van der Waals surface area (Å²) in [4.78, 5) is 2.36. The molecular weight excluding hydrogens is 244 g/mol. The van der Waals surface area contributed by atoms with Crippen LogP contribution in [0.1, 0.15) is 51.7 Å². The van der Waals surface area contributed by atoms with Gasteiger partial charge in [0.25, 0.3) is 0 Å². The van der Waals surface area contributed by atoms with Crippen LogP contribution in [-0.4, -0.2) is 31.1 Å². The molecular formula is C18H32N2. The maximum Gasteiger partial charge on any atom is 0.0233 e. The van der Waals surface area contributed by atoms with Gasteiger partial charge in [-0.05, 0) is 50.4 Å². The molecule has 0 radical (unpaired) electrons. The van der Waals surface area contributed by atoms with E-state index in [2.05, 4.69) is 76.1 Å². The standard InChI is InChI=1S/C18H32N2/c1-14(2)11-19-12-16(5)18-9-7-17(8-10-18)13-20(6)15(3)4/h7-10,14-16,19H,11-13H2,1-6H3. The van der Waals surface area contributed by atoms with E-state index in [0.717, 1.165) is 25.6 Å². The van der Waals surface area contributed by atoms with E-state index in [1.165, 1.54) is 11.1 Å². The Hall–Kier alpha value is -0.860. The third-order valence-electron chi connectivity index (χ3n) is 3.87. The Morgan fingerprint density at radius 2 is 1.55 bits per heavy atom. The lowest BCUT2D eigenvalue weighted by Crippen LogP contribution is -2.25. The second kappa shape index (κ2) is 8.43. The van der Waals surface area contributed by atoms with Gasteiger partial charge in [0.2, 0.25) is 0 Å². The van der Waals surface area contributed by atoms with Crippen LogP contribution in [-0.2, 0) is 6.54 Å². The molecule has 1 unspecified atom stereocenters. The van der Waals surface area contributed by atoms with E-state index in [1.807, 2.05) is 0 Å². The Morgan fingerprint density at radius 3 is 2.05 bits per heavy atom. The van der Waals surface area contributed by atoms with Gasteiger partial charge in [-0.15, -0.1) is 0 Å². The molecule has 0 aliphatic heterocycles. The van der Waals surface area contributed by atoms with Crippen molar-refractivity contribution in [2.24, 2.45) is 5.92 Å². The van der Waals surface area contributed by atoms with E-state index in [1.54, 1.807) is 0 Å². The molecule has 1 atom stereocenters. The molecule has 1 aromatic carbocycles. The molecule has 20 heavy (non-hydrogen) atoms. The molecule has 1 N–H and O–H groups in total. The first kappa shape index (κ1) is 17.2. The summed E-state index contributed by atoms with van der Waals surface area (Å²) >= 11 is 0. The van der Waals surface area contributed by atoms with Gasteiger partial charge in [0, 0.05) is 19.1 Å². The molecule has 0 saturated carbocycles.